The number of aromatic nitrogens is 1. The van der Waals surface area contributed by atoms with Gasteiger partial charge in [-0.25, -0.2) is 4.98 Å². The van der Waals surface area contributed by atoms with Gasteiger partial charge in [0, 0.05) is 26.1 Å². The van der Waals surface area contributed by atoms with Gasteiger partial charge in [-0.15, -0.1) is 0 Å². The highest BCUT2D eigenvalue weighted by atomic mass is 16.1. The van der Waals surface area contributed by atoms with Crippen LogP contribution in [0.3, 0.4) is 0 Å². The van der Waals surface area contributed by atoms with Gasteiger partial charge in [0.25, 0.3) is 0 Å². The Hall–Kier alpha value is -1.78. The molecule has 1 aromatic rings. The Labute approximate surface area is 114 Å². The first-order valence-electron chi connectivity index (χ1n) is 6.93. The molecular weight excluding hydrogens is 240 g/mol. The molecule has 5 heteroatoms. The lowest BCUT2D eigenvalue weighted by Gasteiger charge is -2.32. The zero-order valence-electron chi connectivity index (χ0n) is 11.4. The lowest BCUT2D eigenvalue weighted by Crippen LogP contribution is -2.35. The van der Waals surface area contributed by atoms with Crippen LogP contribution in [0.4, 0.5) is 11.6 Å². The minimum Gasteiger partial charge on any atom is -0.370 e. The highest BCUT2D eigenvalue weighted by Gasteiger charge is 2.21. The maximum atomic E-state index is 10.9. The third-order valence-electron chi connectivity index (χ3n) is 3.52. The van der Waals surface area contributed by atoms with Crippen molar-refractivity contribution in [1.29, 1.82) is 0 Å². The van der Waals surface area contributed by atoms with Crippen molar-refractivity contribution in [3.8, 4) is 0 Å². The third-order valence-corrected chi connectivity index (χ3v) is 3.52. The van der Waals surface area contributed by atoms with E-state index < -0.39 is 0 Å². The Bertz CT molecular complexity index is 427. The van der Waals surface area contributed by atoms with Crippen LogP contribution in [0.25, 0.3) is 0 Å². The summed E-state index contributed by atoms with van der Waals surface area (Å²) in [6.07, 6.45) is 2.53. The van der Waals surface area contributed by atoms with Crippen molar-refractivity contribution in [3.63, 3.8) is 0 Å². The summed E-state index contributed by atoms with van der Waals surface area (Å²) in [5, 5.41) is 3.22. The minimum absolute atomic E-state index is 0.189. The molecule has 5 nitrogen and oxygen atoms in total. The molecule has 1 saturated heterocycles. The van der Waals surface area contributed by atoms with Crippen LogP contribution in [0, 0.1) is 5.92 Å². The van der Waals surface area contributed by atoms with Crippen molar-refractivity contribution < 1.29 is 4.79 Å². The van der Waals surface area contributed by atoms with E-state index in [-0.39, 0.29) is 5.91 Å². The van der Waals surface area contributed by atoms with Crippen LogP contribution in [0.1, 0.15) is 26.2 Å². The number of nitrogens with zero attached hydrogens (tertiary/aromatic N) is 2. The van der Waals surface area contributed by atoms with E-state index in [0.29, 0.717) is 12.3 Å². The van der Waals surface area contributed by atoms with Crippen LogP contribution in [0.15, 0.2) is 18.2 Å². The quantitative estimate of drug-likeness (QED) is 0.845. The molecule has 1 aliphatic heterocycles. The molecule has 19 heavy (non-hydrogen) atoms. The number of nitrogens with two attached hydrogens (primary N) is 1. The fourth-order valence-electron chi connectivity index (χ4n) is 2.53. The molecular formula is C14H22N4O. The van der Waals surface area contributed by atoms with E-state index in [1.807, 2.05) is 18.2 Å². The Balaban J connectivity index is 1.93. The zero-order valence-corrected chi connectivity index (χ0v) is 11.4. The smallest absolute Gasteiger partial charge is 0.217 e. The summed E-state index contributed by atoms with van der Waals surface area (Å²) < 4.78 is 0. The van der Waals surface area contributed by atoms with Crippen molar-refractivity contribution in [2.45, 2.75) is 26.2 Å². The number of hydrogen-bond acceptors (Lipinski definition) is 4. The molecule has 2 rings (SSSR count). The predicted molar refractivity (Wildman–Crippen MR) is 77.1 cm³/mol. The lowest BCUT2D eigenvalue weighted by atomic mass is 9.93. The number of rotatable bonds is 5. The topological polar surface area (TPSA) is 71.2 Å². The fourth-order valence-corrected chi connectivity index (χ4v) is 2.53. The van der Waals surface area contributed by atoms with Gasteiger partial charge in [-0.3, -0.25) is 4.79 Å². The molecule has 1 fully saturated rings. The number of nitrogens with one attached hydrogen (secondary N) is 1. The Morgan fingerprint density at radius 1 is 1.47 bits per heavy atom. The average molecular weight is 262 g/mol. The van der Waals surface area contributed by atoms with E-state index in [1.54, 1.807) is 0 Å². The van der Waals surface area contributed by atoms with Crippen molar-refractivity contribution in [2.24, 2.45) is 11.7 Å². The number of carbonyl (C=O) groups is 1. The molecule has 0 bridgehead atoms. The van der Waals surface area contributed by atoms with E-state index in [9.17, 15) is 4.79 Å². The first-order valence-corrected chi connectivity index (χ1v) is 6.93. The molecule has 0 unspecified atom stereocenters. The second kappa shape index (κ2) is 6.41. The molecule has 0 aliphatic carbocycles. The van der Waals surface area contributed by atoms with Crippen LogP contribution in [-0.4, -0.2) is 30.5 Å². The van der Waals surface area contributed by atoms with Crippen molar-refractivity contribution in [3.05, 3.63) is 18.2 Å². The van der Waals surface area contributed by atoms with Gasteiger partial charge in [-0.1, -0.05) is 6.07 Å². The maximum Gasteiger partial charge on any atom is 0.217 e. The van der Waals surface area contributed by atoms with E-state index in [0.717, 1.165) is 44.1 Å². The van der Waals surface area contributed by atoms with Crippen LogP contribution in [0.2, 0.25) is 0 Å². The van der Waals surface area contributed by atoms with Crippen LogP contribution in [0.5, 0.6) is 0 Å². The first-order chi connectivity index (χ1) is 9.19. The molecule has 3 N–H and O–H groups in total. The monoisotopic (exact) mass is 262 g/mol. The number of carbonyl (C=O) groups excluding carboxylic acids is 1. The molecule has 0 saturated carbocycles. The molecule has 1 aromatic heterocycles. The minimum atomic E-state index is -0.189. The van der Waals surface area contributed by atoms with Crippen LogP contribution >= 0.6 is 0 Å². The summed E-state index contributed by atoms with van der Waals surface area (Å²) >= 11 is 0. The van der Waals surface area contributed by atoms with Crippen molar-refractivity contribution >= 4 is 17.5 Å². The summed E-state index contributed by atoms with van der Waals surface area (Å²) in [6.45, 7) is 4.82. The molecule has 0 aromatic carbocycles. The predicted octanol–water partition coefficient (Wildman–Crippen LogP) is 1.61. The standard InChI is InChI=1S/C14H22N4O/c1-2-16-13-4-3-5-14(17-13)18-8-6-11(7-9-18)10-12(15)19/h3-5,11H,2,6-10H2,1H3,(H2,15,19)(H,16,17). The molecule has 0 radical (unpaired) electrons. The normalized spacial score (nSPS) is 16.4. The van der Waals surface area contributed by atoms with E-state index in [2.05, 4.69) is 22.1 Å². The summed E-state index contributed by atoms with van der Waals surface area (Å²) in [6, 6.07) is 6.04. The average Bonchev–Trinajstić information content (AvgIpc) is 2.40. The summed E-state index contributed by atoms with van der Waals surface area (Å²) in [5.74, 6) is 2.17. The van der Waals surface area contributed by atoms with Gasteiger partial charge in [-0.2, -0.15) is 0 Å². The number of amides is 1. The van der Waals surface area contributed by atoms with Gasteiger partial charge in [0.05, 0.1) is 0 Å². The Kier molecular flexibility index (Phi) is 4.60. The van der Waals surface area contributed by atoms with Crippen molar-refractivity contribution in [1.82, 2.24) is 4.98 Å². The van der Waals surface area contributed by atoms with E-state index >= 15 is 0 Å². The number of piperidine rings is 1. The Morgan fingerprint density at radius 3 is 2.84 bits per heavy atom. The number of pyridine rings is 1. The van der Waals surface area contributed by atoms with Gasteiger partial charge in [0.1, 0.15) is 11.6 Å². The van der Waals surface area contributed by atoms with Gasteiger partial charge in [-0.05, 0) is 37.8 Å². The first kappa shape index (κ1) is 13.6. The molecule has 2 heterocycles. The molecule has 104 valence electrons. The second-order valence-corrected chi connectivity index (χ2v) is 5.01. The summed E-state index contributed by atoms with van der Waals surface area (Å²) in [4.78, 5) is 17.8. The summed E-state index contributed by atoms with van der Waals surface area (Å²) in [7, 11) is 0. The fraction of sp³-hybridized carbons (Fsp3) is 0.571. The van der Waals surface area contributed by atoms with Gasteiger partial charge < -0.3 is 16.0 Å². The summed E-state index contributed by atoms with van der Waals surface area (Å²) in [5.41, 5.74) is 5.25. The zero-order chi connectivity index (χ0) is 13.7. The number of hydrogen-bond donors (Lipinski definition) is 2. The van der Waals surface area contributed by atoms with E-state index in [4.69, 9.17) is 5.73 Å². The third kappa shape index (κ3) is 3.84. The van der Waals surface area contributed by atoms with Crippen molar-refractivity contribution in [2.75, 3.05) is 29.9 Å². The molecule has 1 amide bonds. The highest BCUT2D eigenvalue weighted by molar-refractivity contribution is 5.74. The molecule has 0 spiro atoms. The Morgan fingerprint density at radius 2 is 2.21 bits per heavy atom. The largest absolute Gasteiger partial charge is 0.370 e. The molecule has 1 aliphatic rings. The van der Waals surface area contributed by atoms with Gasteiger partial charge in [0.15, 0.2) is 0 Å². The SMILES string of the molecule is CCNc1cccc(N2CCC(CC(N)=O)CC2)n1. The second-order valence-electron chi connectivity index (χ2n) is 5.01. The van der Waals surface area contributed by atoms with Crippen LogP contribution < -0.4 is 16.0 Å². The maximum absolute atomic E-state index is 10.9. The number of anilines is 2. The van der Waals surface area contributed by atoms with E-state index in [1.165, 1.54) is 0 Å². The van der Waals surface area contributed by atoms with Crippen LogP contribution in [-0.2, 0) is 4.79 Å². The molecule has 0 atom stereocenters. The van der Waals surface area contributed by atoms with Gasteiger partial charge in [0.2, 0.25) is 5.91 Å². The van der Waals surface area contributed by atoms with Gasteiger partial charge >= 0.3 is 0 Å². The highest BCUT2D eigenvalue weighted by Crippen LogP contribution is 2.24. The lowest BCUT2D eigenvalue weighted by molar-refractivity contribution is -0.119. The number of primary amides is 1.